The molecule has 0 spiro atoms. The summed E-state index contributed by atoms with van der Waals surface area (Å²) in [5.41, 5.74) is 4.81. The van der Waals surface area contributed by atoms with Crippen molar-refractivity contribution >= 4 is 29.1 Å². The van der Waals surface area contributed by atoms with Crippen molar-refractivity contribution in [1.82, 2.24) is 5.32 Å². The van der Waals surface area contributed by atoms with Gasteiger partial charge in [-0.05, 0) is 35.2 Å². The van der Waals surface area contributed by atoms with Crippen LogP contribution in [0.15, 0.2) is 109 Å². The van der Waals surface area contributed by atoms with Crippen LogP contribution in [-0.2, 0) is 20.8 Å². The van der Waals surface area contributed by atoms with Crippen LogP contribution in [0.5, 0.6) is 0 Å². The molecule has 2 N–H and O–H groups in total. The second kappa shape index (κ2) is 12.0. The summed E-state index contributed by atoms with van der Waals surface area (Å²) in [4.78, 5) is 42.8. The molecule has 4 aromatic carbocycles. The molecule has 0 aliphatic carbocycles. The molecule has 1 heterocycles. The van der Waals surface area contributed by atoms with Gasteiger partial charge in [-0.15, -0.1) is 0 Å². The number of hydrogen-bond acceptors (Lipinski definition) is 3. The van der Waals surface area contributed by atoms with Gasteiger partial charge in [-0.25, -0.2) is 0 Å². The van der Waals surface area contributed by atoms with Crippen LogP contribution in [-0.4, -0.2) is 23.8 Å². The first-order chi connectivity index (χ1) is 19.5. The molecular weight excluding hydrogens is 498 g/mol. The second-order valence-corrected chi connectivity index (χ2v) is 10.1. The predicted molar refractivity (Wildman–Crippen MR) is 159 cm³/mol. The van der Waals surface area contributed by atoms with E-state index in [1.807, 2.05) is 123 Å². The van der Waals surface area contributed by atoms with Gasteiger partial charge in [0, 0.05) is 29.3 Å². The predicted octanol–water partition coefficient (Wildman–Crippen LogP) is 6.15. The van der Waals surface area contributed by atoms with Gasteiger partial charge in [0.05, 0.1) is 0 Å². The van der Waals surface area contributed by atoms with Crippen LogP contribution >= 0.6 is 0 Å². The fourth-order valence-corrected chi connectivity index (χ4v) is 5.09. The van der Waals surface area contributed by atoms with E-state index in [0.29, 0.717) is 29.8 Å². The van der Waals surface area contributed by atoms with Gasteiger partial charge < -0.3 is 10.6 Å². The SMILES string of the molecule is CC[C@@H](C)C(=O)N[C@H](C(=O)N1c2ccccc2C[C@H]1C(=O)Nc1ccccc1-c1ccccc1)c1ccccc1. The highest BCUT2D eigenvalue weighted by atomic mass is 16.2. The van der Waals surface area contributed by atoms with Gasteiger partial charge >= 0.3 is 0 Å². The fourth-order valence-electron chi connectivity index (χ4n) is 5.09. The Kier molecular flexibility index (Phi) is 8.06. The molecule has 1 aliphatic heterocycles. The second-order valence-electron chi connectivity index (χ2n) is 10.1. The number of rotatable bonds is 8. The maximum atomic E-state index is 14.3. The Balaban J connectivity index is 1.49. The van der Waals surface area contributed by atoms with Crippen molar-refractivity contribution in [3.8, 4) is 11.1 Å². The zero-order valence-electron chi connectivity index (χ0n) is 22.7. The minimum absolute atomic E-state index is 0.199. The summed E-state index contributed by atoms with van der Waals surface area (Å²) >= 11 is 0. The number of nitrogens with one attached hydrogen (secondary N) is 2. The topological polar surface area (TPSA) is 78.5 Å². The monoisotopic (exact) mass is 531 g/mol. The average molecular weight is 532 g/mol. The lowest BCUT2D eigenvalue weighted by atomic mass is 10.0. The third-order valence-electron chi connectivity index (χ3n) is 7.51. The third kappa shape index (κ3) is 5.52. The van der Waals surface area contributed by atoms with E-state index in [9.17, 15) is 14.4 Å². The molecule has 6 heteroatoms. The van der Waals surface area contributed by atoms with Crippen LogP contribution in [0.2, 0.25) is 0 Å². The maximum Gasteiger partial charge on any atom is 0.254 e. The van der Waals surface area contributed by atoms with Gasteiger partial charge in [-0.2, -0.15) is 0 Å². The number of anilines is 2. The van der Waals surface area contributed by atoms with Crippen molar-refractivity contribution in [3.05, 3.63) is 120 Å². The molecule has 0 unspecified atom stereocenters. The minimum Gasteiger partial charge on any atom is -0.340 e. The first-order valence-corrected chi connectivity index (χ1v) is 13.7. The van der Waals surface area contributed by atoms with Gasteiger partial charge in [-0.1, -0.05) is 111 Å². The molecule has 0 aromatic heterocycles. The molecule has 0 fully saturated rings. The smallest absolute Gasteiger partial charge is 0.254 e. The van der Waals surface area contributed by atoms with E-state index in [2.05, 4.69) is 10.6 Å². The third-order valence-corrected chi connectivity index (χ3v) is 7.51. The molecule has 0 saturated carbocycles. The summed E-state index contributed by atoms with van der Waals surface area (Å²) in [6, 6.07) is 32.6. The summed E-state index contributed by atoms with van der Waals surface area (Å²) < 4.78 is 0. The number of nitrogens with zero attached hydrogens (tertiary/aromatic N) is 1. The molecule has 3 atom stereocenters. The Hall–Kier alpha value is -4.71. The molecular formula is C34H33N3O3. The van der Waals surface area contributed by atoms with Crippen molar-refractivity contribution in [2.45, 2.75) is 38.8 Å². The van der Waals surface area contributed by atoms with Crippen molar-refractivity contribution in [2.24, 2.45) is 5.92 Å². The number of para-hydroxylation sites is 2. The van der Waals surface area contributed by atoms with Crippen molar-refractivity contribution in [1.29, 1.82) is 0 Å². The molecule has 1 aliphatic rings. The summed E-state index contributed by atoms with van der Waals surface area (Å²) in [5, 5.41) is 6.07. The molecule has 5 rings (SSSR count). The van der Waals surface area contributed by atoms with Gasteiger partial charge in [0.15, 0.2) is 0 Å². The van der Waals surface area contributed by atoms with E-state index in [1.54, 1.807) is 4.90 Å². The van der Waals surface area contributed by atoms with E-state index in [0.717, 1.165) is 16.7 Å². The summed E-state index contributed by atoms with van der Waals surface area (Å²) in [5.74, 6) is -1.08. The highest BCUT2D eigenvalue weighted by Crippen LogP contribution is 2.36. The zero-order chi connectivity index (χ0) is 28.1. The van der Waals surface area contributed by atoms with Crippen LogP contribution in [0.3, 0.4) is 0 Å². The van der Waals surface area contributed by atoms with Crippen LogP contribution in [0.4, 0.5) is 11.4 Å². The minimum atomic E-state index is -0.930. The number of benzene rings is 4. The highest BCUT2D eigenvalue weighted by Gasteiger charge is 2.42. The average Bonchev–Trinajstić information content (AvgIpc) is 3.40. The Labute approximate surface area is 235 Å². The molecule has 4 aromatic rings. The van der Waals surface area contributed by atoms with Crippen LogP contribution < -0.4 is 15.5 Å². The number of carbonyl (C=O) groups is 3. The van der Waals surface area contributed by atoms with E-state index in [-0.39, 0.29) is 23.6 Å². The Morgan fingerprint density at radius 3 is 2.17 bits per heavy atom. The number of amides is 3. The lowest BCUT2D eigenvalue weighted by Crippen LogP contribution is -2.51. The number of fused-ring (bicyclic) bond motifs is 1. The van der Waals surface area contributed by atoms with E-state index in [4.69, 9.17) is 0 Å². The van der Waals surface area contributed by atoms with Crippen molar-refractivity contribution in [3.63, 3.8) is 0 Å². The molecule has 0 radical (unpaired) electrons. The molecule has 3 amide bonds. The Bertz CT molecular complexity index is 1500. The standard InChI is InChI=1S/C34H33N3O3/c1-3-23(2)32(38)36-31(25-16-8-5-9-17-25)34(40)37-29-21-13-10-18-26(29)22-30(37)33(39)35-28-20-12-11-19-27(28)24-14-6-4-7-15-24/h4-21,23,30-31H,3,22H2,1-2H3,(H,35,39)(H,36,38)/t23-,30+,31+/m1/s1. The normalized spacial score (nSPS) is 15.6. The maximum absolute atomic E-state index is 14.3. The summed E-state index contributed by atoms with van der Waals surface area (Å²) in [6.07, 6.45) is 1.03. The largest absolute Gasteiger partial charge is 0.340 e. The molecule has 202 valence electrons. The van der Waals surface area contributed by atoms with Gasteiger partial charge in [-0.3, -0.25) is 19.3 Å². The van der Waals surface area contributed by atoms with Gasteiger partial charge in [0.1, 0.15) is 12.1 Å². The van der Waals surface area contributed by atoms with Crippen molar-refractivity contribution < 1.29 is 14.4 Å². The molecule has 40 heavy (non-hydrogen) atoms. The summed E-state index contributed by atoms with van der Waals surface area (Å²) in [6.45, 7) is 3.78. The lowest BCUT2D eigenvalue weighted by molar-refractivity contribution is -0.130. The van der Waals surface area contributed by atoms with Crippen LogP contribution in [0.25, 0.3) is 11.1 Å². The quantitative estimate of drug-likeness (QED) is 0.286. The zero-order valence-corrected chi connectivity index (χ0v) is 22.7. The Morgan fingerprint density at radius 2 is 1.45 bits per heavy atom. The van der Waals surface area contributed by atoms with Crippen molar-refractivity contribution in [2.75, 3.05) is 10.2 Å². The van der Waals surface area contributed by atoms with Crippen LogP contribution in [0.1, 0.15) is 37.4 Å². The molecule has 6 nitrogen and oxygen atoms in total. The molecule has 0 bridgehead atoms. The van der Waals surface area contributed by atoms with E-state index in [1.165, 1.54) is 0 Å². The summed E-state index contributed by atoms with van der Waals surface area (Å²) in [7, 11) is 0. The van der Waals surface area contributed by atoms with Gasteiger partial charge in [0.2, 0.25) is 11.8 Å². The highest BCUT2D eigenvalue weighted by molar-refractivity contribution is 6.10. The first-order valence-electron chi connectivity index (χ1n) is 13.7. The van der Waals surface area contributed by atoms with Gasteiger partial charge in [0.25, 0.3) is 5.91 Å². The Morgan fingerprint density at radius 1 is 0.825 bits per heavy atom. The molecule has 0 saturated heterocycles. The van der Waals surface area contributed by atoms with Crippen LogP contribution in [0, 0.1) is 5.92 Å². The lowest BCUT2D eigenvalue weighted by Gasteiger charge is -2.30. The number of hydrogen-bond donors (Lipinski definition) is 2. The van der Waals surface area contributed by atoms with E-state index < -0.39 is 12.1 Å². The number of carbonyl (C=O) groups excluding carboxylic acids is 3. The fraction of sp³-hybridized carbons (Fsp3) is 0.206. The first kappa shape index (κ1) is 26.9. The van der Waals surface area contributed by atoms with E-state index >= 15 is 0 Å².